The Bertz CT molecular complexity index is 425. The second kappa shape index (κ2) is 7.81. The lowest BCUT2D eigenvalue weighted by Gasteiger charge is -2.13. The highest BCUT2D eigenvalue weighted by Crippen LogP contribution is 2.13. The standard InChI is InChI=1S/C16H22N2O/c17-14-15-7-6-8-16(13-15)19-12-5-1-2-9-18-10-3-4-11-18/h6-8,13H,1-5,9-12H2/p+1. The second-order valence-corrected chi connectivity index (χ2v) is 5.10. The molecule has 1 aromatic carbocycles. The first-order valence-electron chi connectivity index (χ1n) is 7.24. The average Bonchev–Trinajstić information content (AvgIpc) is 2.96. The highest BCUT2D eigenvalue weighted by molar-refractivity contribution is 5.36. The van der Waals surface area contributed by atoms with Crippen molar-refractivity contribution in [3.8, 4) is 11.8 Å². The average molecular weight is 259 g/mol. The number of nitrogens with zero attached hydrogens (tertiary/aromatic N) is 2. The van der Waals surface area contributed by atoms with E-state index in [1.165, 1.54) is 45.3 Å². The Morgan fingerprint density at radius 2 is 2.05 bits per heavy atom. The molecule has 1 saturated heterocycles. The van der Waals surface area contributed by atoms with Crippen LogP contribution >= 0.6 is 0 Å². The minimum Gasteiger partial charge on any atom is -0.494 e. The molecule has 1 aliphatic rings. The van der Waals surface area contributed by atoms with Crippen molar-refractivity contribution in [2.75, 3.05) is 26.2 Å². The fourth-order valence-corrected chi connectivity index (χ4v) is 2.47. The molecule has 0 N–H and O–H groups in total. The summed E-state index contributed by atoms with van der Waals surface area (Å²) in [5.74, 6) is 0.804. The van der Waals surface area contributed by atoms with Gasteiger partial charge in [-0.3, -0.25) is 0 Å². The first kappa shape index (κ1) is 13.9. The molecule has 0 atom stereocenters. The molecule has 1 aliphatic heterocycles. The maximum absolute atomic E-state index is 8.80. The van der Waals surface area contributed by atoms with E-state index in [1.54, 1.807) is 12.1 Å². The maximum atomic E-state index is 8.80. The Hall–Kier alpha value is -1.53. The Balaban J connectivity index is 0.00000200. The Labute approximate surface area is 117 Å². The maximum Gasteiger partial charge on any atom is 1.00 e. The third-order valence-corrected chi connectivity index (χ3v) is 3.55. The molecule has 0 saturated carbocycles. The number of unbranched alkanes of at least 4 members (excludes halogenated alkanes) is 2. The molecule has 2 rings (SSSR count). The van der Waals surface area contributed by atoms with Crippen LogP contribution in [0.15, 0.2) is 24.3 Å². The lowest BCUT2D eigenvalue weighted by atomic mass is 10.2. The highest BCUT2D eigenvalue weighted by atomic mass is 16.5. The normalized spacial score (nSPS) is 15.3. The quantitative estimate of drug-likeness (QED) is 0.705. The molecule has 1 heterocycles. The number of nitriles is 1. The molecular weight excluding hydrogens is 236 g/mol. The number of hydrogen-bond donors (Lipinski definition) is 0. The van der Waals surface area contributed by atoms with Crippen LogP contribution in [0.2, 0.25) is 0 Å². The number of benzene rings is 1. The fraction of sp³-hybridized carbons (Fsp3) is 0.562. The van der Waals surface area contributed by atoms with Crippen LogP contribution < -0.4 is 4.74 Å². The van der Waals surface area contributed by atoms with Crippen LogP contribution in [0.25, 0.3) is 0 Å². The van der Waals surface area contributed by atoms with Gasteiger partial charge in [0.2, 0.25) is 0 Å². The predicted octanol–water partition coefficient (Wildman–Crippen LogP) is 3.32. The summed E-state index contributed by atoms with van der Waals surface area (Å²) in [6.45, 7) is 4.56. The highest BCUT2D eigenvalue weighted by Gasteiger charge is 2.09. The van der Waals surface area contributed by atoms with Gasteiger partial charge in [-0.05, 0) is 69.9 Å². The zero-order valence-corrected chi connectivity index (χ0v) is 11.5. The number of likely N-dealkylation sites (tertiary alicyclic amines) is 1. The molecule has 102 valence electrons. The van der Waals surface area contributed by atoms with Crippen LogP contribution in [0.5, 0.6) is 5.75 Å². The zero-order chi connectivity index (χ0) is 13.3. The smallest absolute Gasteiger partial charge is 0.494 e. The van der Waals surface area contributed by atoms with E-state index in [1.807, 2.05) is 12.1 Å². The van der Waals surface area contributed by atoms with E-state index in [-0.39, 0.29) is 1.43 Å². The molecule has 0 bridgehead atoms. The van der Waals surface area contributed by atoms with Crippen LogP contribution in [0.1, 0.15) is 39.1 Å². The van der Waals surface area contributed by atoms with Gasteiger partial charge in [0.15, 0.2) is 0 Å². The molecule has 0 aliphatic carbocycles. The molecule has 0 amide bonds. The van der Waals surface area contributed by atoms with Gasteiger partial charge in [0.1, 0.15) is 5.75 Å². The molecule has 3 heteroatoms. The van der Waals surface area contributed by atoms with Crippen molar-refractivity contribution >= 4 is 0 Å². The van der Waals surface area contributed by atoms with Crippen LogP contribution in [0.4, 0.5) is 0 Å². The summed E-state index contributed by atoms with van der Waals surface area (Å²) in [6, 6.07) is 9.48. The van der Waals surface area contributed by atoms with Gasteiger partial charge in [0, 0.05) is 0 Å². The Kier molecular flexibility index (Phi) is 5.71. The molecule has 3 nitrogen and oxygen atoms in total. The molecule has 0 unspecified atom stereocenters. The number of ether oxygens (including phenoxy) is 1. The number of rotatable bonds is 7. The van der Waals surface area contributed by atoms with E-state index in [2.05, 4.69) is 11.0 Å². The van der Waals surface area contributed by atoms with Crippen molar-refractivity contribution in [2.24, 2.45) is 0 Å². The summed E-state index contributed by atoms with van der Waals surface area (Å²) in [5.41, 5.74) is 0.659. The number of hydrogen-bond acceptors (Lipinski definition) is 3. The third-order valence-electron chi connectivity index (χ3n) is 3.55. The van der Waals surface area contributed by atoms with Gasteiger partial charge in [-0.15, -0.1) is 0 Å². The van der Waals surface area contributed by atoms with Crippen LogP contribution in [-0.2, 0) is 0 Å². The van der Waals surface area contributed by atoms with E-state index >= 15 is 0 Å². The summed E-state index contributed by atoms with van der Waals surface area (Å²) in [7, 11) is 0. The fourth-order valence-electron chi connectivity index (χ4n) is 2.47. The largest absolute Gasteiger partial charge is 1.00 e. The topological polar surface area (TPSA) is 36.3 Å². The monoisotopic (exact) mass is 259 g/mol. The molecule has 1 aromatic rings. The van der Waals surface area contributed by atoms with Crippen LogP contribution in [0, 0.1) is 11.3 Å². The van der Waals surface area contributed by atoms with Crippen molar-refractivity contribution in [3.05, 3.63) is 29.8 Å². The van der Waals surface area contributed by atoms with Gasteiger partial charge in [0.05, 0.1) is 18.2 Å². The Morgan fingerprint density at radius 3 is 2.84 bits per heavy atom. The predicted molar refractivity (Wildman–Crippen MR) is 77.3 cm³/mol. The van der Waals surface area contributed by atoms with Crippen molar-refractivity contribution in [2.45, 2.75) is 32.1 Å². The van der Waals surface area contributed by atoms with Gasteiger partial charge in [0.25, 0.3) is 0 Å². The third kappa shape index (κ3) is 4.92. The first-order valence-corrected chi connectivity index (χ1v) is 7.24. The lowest BCUT2D eigenvalue weighted by Crippen LogP contribution is -2.20. The Morgan fingerprint density at radius 1 is 1.21 bits per heavy atom. The summed E-state index contributed by atoms with van der Waals surface area (Å²) < 4.78 is 5.66. The minimum absolute atomic E-state index is 0. The van der Waals surface area contributed by atoms with E-state index < -0.39 is 0 Å². The molecule has 0 radical (unpaired) electrons. The van der Waals surface area contributed by atoms with Crippen molar-refractivity contribution in [1.82, 2.24) is 4.90 Å². The van der Waals surface area contributed by atoms with Gasteiger partial charge in [-0.2, -0.15) is 5.26 Å². The van der Waals surface area contributed by atoms with E-state index in [0.717, 1.165) is 18.8 Å². The zero-order valence-electron chi connectivity index (χ0n) is 12.5. The van der Waals surface area contributed by atoms with Gasteiger partial charge in [-0.1, -0.05) is 6.07 Å². The minimum atomic E-state index is 0. The summed E-state index contributed by atoms with van der Waals surface area (Å²) in [6.07, 6.45) is 6.32. The van der Waals surface area contributed by atoms with Crippen LogP contribution in [-0.4, -0.2) is 31.1 Å². The molecular formula is C16H23N2O+. The van der Waals surface area contributed by atoms with Crippen molar-refractivity contribution in [1.29, 1.82) is 5.26 Å². The molecule has 0 aromatic heterocycles. The summed E-state index contributed by atoms with van der Waals surface area (Å²) in [4.78, 5) is 2.55. The first-order chi connectivity index (χ1) is 9.38. The van der Waals surface area contributed by atoms with Gasteiger partial charge < -0.3 is 9.64 Å². The van der Waals surface area contributed by atoms with Gasteiger partial charge >= 0.3 is 1.43 Å². The molecule has 0 spiro atoms. The van der Waals surface area contributed by atoms with Gasteiger partial charge in [-0.25, -0.2) is 0 Å². The van der Waals surface area contributed by atoms with Crippen molar-refractivity contribution in [3.63, 3.8) is 0 Å². The van der Waals surface area contributed by atoms with E-state index in [9.17, 15) is 0 Å². The SMILES string of the molecule is N#Cc1cccc(OCCCCCN2CCCC2)c1.[H+]. The molecule has 19 heavy (non-hydrogen) atoms. The van der Waals surface area contributed by atoms with E-state index in [4.69, 9.17) is 10.00 Å². The van der Waals surface area contributed by atoms with Crippen molar-refractivity contribution < 1.29 is 6.16 Å². The van der Waals surface area contributed by atoms with Crippen LogP contribution in [0.3, 0.4) is 0 Å². The lowest BCUT2D eigenvalue weighted by molar-refractivity contribution is 0.290. The summed E-state index contributed by atoms with van der Waals surface area (Å²) in [5, 5.41) is 8.80. The molecule has 1 fully saturated rings. The summed E-state index contributed by atoms with van der Waals surface area (Å²) >= 11 is 0. The van der Waals surface area contributed by atoms with E-state index in [0.29, 0.717) is 5.56 Å². The second-order valence-electron chi connectivity index (χ2n) is 5.10.